The number of halogens is 1. The predicted molar refractivity (Wildman–Crippen MR) is 82.9 cm³/mol. The van der Waals surface area contributed by atoms with E-state index < -0.39 is 22.0 Å². The molecule has 0 spiro atoms. The summed E-state index contributed by atoms with van der Waals surface area (Å²) in [6.45, 7) is 5.52. The van der Waals surface area contributed by atoms with Gasteiger partial charge in [0.15, 0.2) is 0 Å². The van der Waals surface area contributed by atoms with E-state index >= 15 is 0 Å². The first-order chi connectivity index (χ1) is 9.77. The van der Waals surface area contributed by atoms with E-state index in [1.807, 2.05) is 0 Å². The second kappa shape index (κ2) is 7.88. The highest BCUT2D eigenvalue weighted by molar-refractivity contribution is 9.10. The van der Waals surface area contributed by atoms with Crippen LogP contribution in [0.4, 0.5) is 0 Å². The summed E-state index contributed by atoms with van der Waals surface area (Å²) in [5.74, 6) is -0.747. The number of hydrogen-bond acceptors (Lipinski definition) is 4. The van der Waals surface area contributed by atoms with Crippen molar-refractivity contribution in [1.29, 1.82) is 0 Å². The van der Waals surface area contributed by atoms with Crippen LogP contribution in [0.15, 0.2) is 33.6 Å². The maximum absolute atomic E-state index is 12.3. The molecule has 0 aromatic heterocycles. The van der Waals surface area contributed by atoms with Crippen molar-refractivity contribution in [2.24, 2.45) is 5.92 Å². The second-order valence-electron chi connectivity index (χ2n) is 4.70. The van der Waals surface area contributed by atoms with E-state index in [9.17, 15) is 13.2 Å². The average molecular weight is 379 g/mol. The van der Waals surface area contributed by atoms with Crippen molar-refractivity contribution in [2.45, 2.75) is 31.7 Å². The Bertz CT molecular complexity index is 572. The highest BCUT2D eigenvalue weighted by Crippen LogP contribution is 2.16. The Balaban J connectivity index is 2.92. The van der Waals surface area contributed by atoms with Gasteiger partial charge in [-0.1, -0.05) is 29.8 Å². The van der Waals surface area contributed by atoms with E-state index in [0.717, 1.165) is 4.47 Å². The van der Waals surface area contributed by atoms with Gasteiger partial charge in [-0.25, -0.2) is 13.9 Å². The molecular weight excluding hydrogens is 360 g/mol. The van der Waals surface area contributed by atoms with E-state index in [1.54, 1.807) is 32.9 Å². The smallest absolute Gasteiger partial charge is 0.261 e. The van der Waals surface area contributed by atoms with Crippen LogP contribution in [0, 0.1) is 5.92 Å². The van der Waals surface area contributed by atoms with Crippen LogP contribution >= 0.6 is 15.9 Å². The molecule has 0 saturated carbocycles. The Kier molecular flexibility index (Phi) is 6.79. The molecule has 1 amide bonds. The number of carbonyl (C=O) groups is 1. The zero-order valence-electron chi connectivity index (χ0n) is 12.1. The van der Waals surface area contributed by atoms with Crippen molar-refractivity contribution in [2.75, 3.05) is 6.61 Å². The van der Waals surface area contributed by atoms with E-state index in [-0.39, 0.29) is 10.8 Å². The highest BCUT2D eigenvalue weighted by atomic mass is 79.9. The summed E-state index contributed by atoms with van der Waals surface area (Å²) >= 11 is 3.24. The van der Waals surface area contributed by atoms with E-state index in [4.69, 9.17) is 4.84 Å². The lowest BCUT2D eigenvalue weighted by atomic mass is 10.1. The summed E-state index contributed by atoms with van der Waals surface area (Å²) in [5, 5.41) is 0. The molecule has 1 aromatic carbocycles. The summed E-state index contributed by atoms with van der Waals surface area (Å²) < 4.78 is 27.8. The van der Waals surface area contributed by atoms with Gasteiger partial charge in [0.2, 0.25) is 10.0 Å². The molecule has 8 heteroatoms. The minimum atomic E-state index is -3.78. The van der Waals surface area contributed by atoms with E-state index in [1.165, 1.54) is 12.1 Å². The Labute approximate surface area is 133 Å². The number of benzene rings is 1. The van der Waals surface area contributed by atoms with Gasteiger partial charge in [-0.2, -0.15) is 4.72 Å². The minimum Gasteiger partial charge on any atom is -0.274 e. The molecule has 0 radical (unpaired) electrons. The molecule has 0 aliphatic carbocycles. The largest absolute Gasteiger partial charge is 0.274 e. The lowest BCUT2D eigenvalue weighted by Gasteiger charge is -2.21. The van der Waals surface area contributed by atoms with Gasteiger partial charge in [0.05, 0.1) is 11.5 Å². The maximum Gasteiger partial charge on any atom is 0.261 e. The number of carbonyl (C=O) groups excluding carboxylic acids is 1. The van der Waals surface area contributed by atoms with Gasteiger partial charge in [-0.15, -0.1) is 0 Å². The number of nitrogens with one attached hydrogen (secondary N) is 2. The minimum absolute atomic E-state index is 0.0977. The first-order valence-corrected chi connectivity index (χ1v) is 8.75. The van der Waals surface area contributed by atoms with Crippen LogP contribution in [0.2, 0.25) is 0 Å². The molecule has 0 aliphatic heterocycles. The van der Waals surface area contributed by atoms with Gasteiger partial charge >= 0.3 is 0 Å². The number of sulfonamides is 1. The fraction of sp³-hybridized carbons (Fsp3) is 0.462. The van der Waals surface area contributed by atoms with Crippen molar-refractivity contribution in [3.8, 4) is 0 Å². The lowest BCUT2D eigenvalue weighted by Crippen LogP contribution is -2.49. The third-order valence-electron chi connectivity index (χ3n) is 2.67. The van der Waals surface area contributed by atoms with Crippen LogP contribution < -0.4 is 10.2 Å². The second-order valence-corrected chi connectivity index (χ2v) is 7.33. The van der Waals surface area contributed by atoms with Gasteiger partial charge in [0.1, 0.15) is 6.04 Å². The lowest BCUT2D eigenvalue weighted by molar-refractivity contribution is -0.135. The maximum atomic E-state index is 12.3. The molecule has 2 N–H and O–H groups in total. The summed E-state index contributed by atoms with van der Waals surface area (Å²) in [6, 6.07) is 5.26. The van der Waals surface area contributed by atoms with Crippen LogP contribution in [0.3, 0.4) is 0 Å². The van der Waals surface area contributed by atoms with E-state index in [2.05, 4.69) is 26.1 Å². The zero-order chi connectivity index (χ0) is 16.0. The topological polar surface area (TPSA) is 84.5 Å². The summed E-state index contributed by atoms with van der Waals surface area (Å²) in [5.41, 5.74) is 2.22. The molecule has 0 aliphatic rings. The molecule has 1 aromatic rings. The first kappa shape index (κ1) is 18.1. The third-order valence-corrected chi connectivity index (χ3v) is 4.66. The number of amides is 1. The summed E-state index contributed by atoms with van der Waals surface area (Å²) in [7, 11) is -3.78. The molecule has 6 nitrogen and oxygen atoms in total. The Morgan fingerprint density at radius 1 is 1.29 bits per heavy atom. The number of hydroxylamine groups is 1. The normalized spacial score (nSPS) is 13.2. The van der Waals surface area contributed by atoms with Crippen molar-refractivity contribution < 1.29 is 18.0 Å². The molecule has 0 fully saturated rings. The van der Waals surface area contributed by atoms with Crippen molar-refractivity contribution >= 4 is 31.9 Å². The van der Waals surface area contributed by atoms with E-state index in [0.29, 0.717) is 6.61 Å². The molecule has 1 atom stereocenters. The molecule has 0 unspecified atom stereocenters. The molecule has 0 saturated heterocycles. The molecule has 0 bridgehead atoms. The molecule has 21 heavy (non-hydrogen) atoms. The number of rotatable bonds is 7. The van der Waals surface area contributed by atoms with Crippen LogP contribution in [-0.2, 0) is 19.7 Å². The molecule has 0 heterocycles. The van der Waals surface area contributed by atoms with Crippen LogP contribution in [0.5, 0.6) is 0 Å². The molecular formula is C13H19BrN2O4S. The van der Waals surface area contributed by atoms with Gasteiger partial charge in [-0.3, -0.25) is 9.63 Å². The Morgan fingerprint density at radius 2 is 1.86 bits per heavy atom. The summed E-state index contributed by atoms with van der Waals surface area (Å²) in [6.07, 6.45) is 0. The van der Waals surface area contributed by atoms with Crippen LogP contribution in [-0.4, -0.2) is 27.0 Å². The fourth-order valence-electron chi connectivity index (χ4n) is 1.55. The number of hydrogen-bond donors (Lipinski definition) is 2. The molecule has 118 valence electrons. The van der Waals surface area contributed by atoms with Crippen LogP contribution in [0.25, 0.3) is 0 Å². The molecule has 1 rings (SSSR count). The SMILES string of the molecule is CCONC(=O)[C@@H](NS(=O)(=O)c1ccc(Br)cc1)C(C)C. The van der Waals surface area contributed by atoms with Gasteiger partial charge in [-0.05, 0) is 37.1 Å². The van der Waals surface area contributed by atoms with Crippen molar-refractivity contribution in [1.82, 2.24) is 10.2 Å². The van der Waals surface area contributed by atoms with Crippen LogP contribution in [0.1, 0.15) is 20.8 Å². The van der Waals surface area contributed by atoms with Gasteiger partial charge in [0.25, 0.3) is 5.91 Å². The quantitative estimate of drug-likeness (QED) is 0.708. The summed E-state index contributed by atoms with van der Waals surface area (Å²) in [4.78, 5) is 16.9. The van der Waals surface area contributed by atoms with Gasteiger partial charge in [0, 0.05) is 4.47 Å². The Morgan fingerprint density at radius 3 is 2.33 bits per heavy atom. The standard InChI is InChI=1S/C13H19BrN2O4S/c1-4-20-15-13(17)12(9(2)3)16-21(18,19)11-7-5-10(14)6-8-11/h5-9,12,16H,4H2,1-3H3,(H,15,17)/t12-/m0/s1. The Hall–Kier alpha value is -0.960. The zero-order valence-corrected chi connectivity index (χ0v) is 14.5. The van der Waals surface area contributed by atoms with Crippen molar-refractivity contribution in [3.63, 3.8) is 0 Å². The average Bonchev–Trinajstić information content (AvgIpc) is 2.42. The fourth-order valence-corrected chi connectivity index (χ4v) is 3.16. The monoisotopic (exact) mass is 378 g/mol. The third kappa shape index (κ3) is 5.39. The predicted octanol–water partition coefficient (Wildman–Crippen LogP) is 1.82. The highest BCUT2D eigenvalue weighted by Gasteiger charge is 2.28. The van der Waals surface area contributed by atoms with Crippen molar-refractivity contribution in [3.05, 3.63) is 28.7 Å². The first-order valence-electron chi connectivity index (χ1n) is 6.47. The van der Waals surface area contributed by atoms with Gasteiger partial charge < -0.3 is 0 Å².